The van der Waals surface area contributed by atoms with Gasteiger partial charge in [-0.05, 0) is 37.1 Å². The molecule has 2 amide bonds. The monoisotopic (exact) mass is 338 g/mol. The number of furan rings is 1. The van der Waals surface area contributed by atoms with Crippen LogP contribution in [0.2, 0.25) is 0 Å². The number of aryl methyl sites for hydroxylation is 2. The second kappa shape index (κ2) is 6.68. The topological polar surface area (TPSA) is 91.6 Å². The Bertz CT molecular complexity index is 959. The van der Waals surface area contributed by atoms with E-state index in [-0.39, 0.29) is 23.6 Å². The molecule has 0 aliphatic carbocycles. The number of carbonyl (C=O) groups is 2. The minimum Gasteiger partial charge on any atom is -0.507 e. The van der Waals surface area contributed by atoms with E-state index in [0.717, 1.165) is 27.7 Å². The summed E-state index contributed by atoms with van der Waals surface area (Å²) >= 11 is 0. The lowest BCUT2D eigenvalue weighted by Crippen LogP contribution is -2.42. The molecular formula is C19H18N2O4. The Labute approximate surface area is 144 Å². The Balaban J connectivity index is 1.66. The molecule has 6 nitrogen and oxygen atoms in total. The predicted molar refractivity (Wildman–Crippen MR) is 93.1 cm³/mol. The Morgan fingerprint density at radius 3 is 2.60 bits per heavy atom. The molecule has 25 heavy (non-hydrogen) atoms. The highest BCUT2D eigenvalue weighted by Crippen LogP contribution is 2.26. The van der Waals surface area contributed by atoms with E-state index in [1.807, 2.05) is 26.0 Å². The number of phenols is 1. The number of hydrazine groups is 1. The van der Waals surface area contributed by atoms with Crippen LogP contribution >= 0.6 is 0 Å². The molecule has 0 aliphatic rings. The van der Waals surface area contributed by atoms with Crippen molar-refractivity contribution < 1.29 is 19.1 Å². The molecule has 3 aromatic rings. The first-order valence-electron chi connectivity index (χ1n) is 7.81. The number of nitrogens with one attached hydrogen (secondary N) is 2. The second-order valence-electron chi connectivity index (χ2n) is 5.84. The van der Waals surface area contributed by atoms with E-state index in [2.05, 4.69) is 10.9 Å². The van der Waals surface area contributed by atoms with E-state index in [4.69, 9.17) is 4.42 Å². The molecule has 0 saturated heterocycles. The predicted octanol–water partition coefficient (Wildman–Crippen LogP) is 2.76. The first-order chi connectivity index (χ1) is 12.0. The molecule has 2 aromatic carbocycles. The van der Waals surface area contributed by atoms with E-state index in [9.17, 15) is 14.7 Å². The van der Waals surface area contributed by atoms with Crippen LogP contribution in [0.1, 0.15) is 27.0 Å². The van der Waals surface area contributed by atoms with Gasteiger partial charge in [-0.3, -0.25) is 20.4 Å². The lowest BCUT2D eigenvalue weighted by Gasteiger charge is -2.08. The van der Waals surface area contributed by atoms with Gasteiger partial charge in [-0.2, -0.15) is 0 Å². The summed E-state index contributed by atoms with van der Waals surface area (Å²) in [5.41, 5.74) is 8.39. The van der Waals surface area contributed by atoms with Gasteiger partial charge in [0.15, 0.2) is 0 Å². The number of hydrogen-bond donors (Lipinski definition) is 3. The highest BCUT2D eigenvalue weighted by Gasteiger charge is 2.14. The molecule has 0 spiro atoms. The fourth-order valence-corrected chi connectivity index (χ4v) is 2.60. The largest absolute Gasteiger partial charge is 0.507 e. The number of hydrogen-bond acceptors (Lipinski definition) is 4. The average molecular weight is 338 g/mol. The number of rotatable bonds is 3. The van der Waals surface area contributed by atoms with Crippen LogP contribution in [0.25, 0.3) is 11.0 Å². The van der Waals surface area contributed by atoms with E-state index < -0.39 is 5.91 Å². The van der Waals surface area contributed by atoms with Gasteiger partial charge in [0.2, 0.25) is 5.91 Å². The molecule has 0 fully saturated rings. The molecule has 1 heterocycles. The molecule has 6 heteroatoms. The van der Waals surface area contributed by atoms with Crippen molar-refractivity contribution in [3.8, 4) is 5.75 Å². The van der Waals surface area contributed by atoms with Gasteiger partial charge in [-0.25, -0.2) is 0 Å². The van der Waals surface area contributed by atoms with Gasteiger partial charge in [0, 0.05) is 10.9 Å². The van der Waals surface area contributed by atoms with Gasteiger partial charge >= 0.3 is 0 Å². The van der Waals surface area contributed by atoms with Crippen molar-refractivity contribution in [1.82, 2.24) is 10.9 Å². The summed E-state index contributed by atoms with van der Waals surface area (Å²) in [6.07, 6.45) is 1.62. The Kier molecular flexibility index (Phi) is 4.43. The smallest absolute Gasteiger partial charge is 0.273 e. The summed E-state index contributed by atoms with van der Waals surface area (Å²) in [5, 5.41) is 10.5. The van der Waals surface area contributed by atoms with Gasteiger partial charge in [-0.15, -0.1) is 0 Å². The van der Waals surface area contributed by atoms with Crippen LogP contribution in [0.5, 0.6) is 5.75 Å². The fourth-order valence-electron chi connectivity index (χ4n) is 2.60. The molecule has 0 unspecified atom stereocenters. The van der Waals surface area contributed by atoms with Crippen LogP contribution in [-0.4, -0.2) is 16.9 Å². The van der Waals surface area contributed by atoms with Crippen LogP contribution < -0.4 is 10.9 Å². The van der Waals surface area contributed by atoms with Crippen LogP contribution in [0.3, 0.4) is 0 Å². The first-order valence-corrected chi connectivity index (χ1v) is 7.81. The fraction of sp³-hybridized carbons (Fsp3) is 0.158. The zero-order chi connectivity index (χ0) is 18.0. The third kappa shape index (κ3) is 3.33. The minimum absolute atomic E-state index is 0.0660. The van der Waals surface area contributed by atoms with Crippen LogP contribution in [-0.2, 0) is 11.2 Å². The van der Waals surface area contributed by atoms with Crippen LogP contribution in [0.4, 0.5) is 0 Å². The summed E-state index contributed by atoms with van der Waals surface area (Å²) in [7, 11) is 0. The molecule has 0 atom stereocenters. The summed E-state index contributed by atoms with van der Waals surface area (Å²) in [6.45, 7) is 3.97. The van der Waals surface area contributed by atoms with E-state index in [1.54, 1.807) is 18.4 Å². The first kappa shape index (κ1) is 16.6. The quantitative estimate of drug-likeness (QED) is 0.640. The van der Waals surface area contributed by atoms with Crippen molar-refractivity contribution in [3.63, 3.8) is 0 Å². The molecule has 0 aliphatic heterocycles. The third-order valence-electron chi connectivity index (χ3n) is 4.16. The van der Waals surface area contributed by atoms with Crippen molar-refractivity contribution in [1.29, 1.82) is 0 Å². The SMILES string of the molecule is Cc1ccc2c(CC(=O)NNC(=O)c3ccccc3O)coc2c1C. The normalized spacial score (nSPS) is 10.6. The van der Waals surface area contributed by atoms with E-state index >= 15 is 0 Å². The van der Waals surface area contributed by atoms with Gasteiger partial charge in [0.25, 0.3) is 5.91 Å². The van der Waals surface area contributed by atoms with Gasteiger partial charge in [0.1, 0.15) is 11.3 Å². The maximum Gasteiger partial charge on any atom is 0.273 e. The van der Waals surface area contributed by atoms with Crippen molar-refractivity contribution in [2.45, 2.75) is 20.3 Å². The number of fused-ring (bicyclic) bond motifs is 1. The lowest BCUT2D eigenvalue weighted by atomic mass is 10.0. The Morgan fingerprint density at radius 2 is 1.84 bits per heavy atom. The molecule has 3 rings (SSSR count). The zero-order valence-electron chi connectivity index (χ0n) is 13.9. The van der Waals surface area contributed by atoms with E-state index in [1.165, 1.54) is 12.1 Å². The zero-order valence-corrected chi connectivity index (χ0v) is 13.9. The molecule has 0 saturated carbocycles. The minimum atomic E-state index is -0.588. The highest BCUT2D eigenvalue weighted by molar-refractivity contribution is 5.98. The molecule has 1 aromatic heterocycles. The lowest BCUT2D eigenvalue weighted by molar-refractivity contribution is -0.121. The number of aromatic hydroxyl groups is 1. The molecule has 128 valence electrons. The molecule has 3 N–H and O–H groups in total. The summed E-state index contributed by atoms with van der Waals surface area (Å²) in [4.78, 5) is 24.1. The van der Waals surface area contributed by atoms with Crippen LogP contribution in [0, 0.1) is 13.8 Å². The van der Waals surface area contributed by atoms with Gasteiger partial charge < -0.3 is 9.52 Å². The third-order valence-corrected chi connectivity index (χ3v) is 4.16. The molecule has 0 bridgehead atoms. The summed E-state index contributed by atoms with van der Waals surface area (Å²) < 4.78 is 5.57. The summed E-state index contributed by atoms with van der Waals surface area (Å²) in [5.74, 6) is -1.12. The van der Waals surface area contributed by atoms with Crippen molar-refractivity contribution >= 4 is 22.8 Å². The van der Waals surface area contributed by atoms with Crippen LogP contribution in [0.15, 0.2) is 47.1 Å². The number of phenolic OH excluding ortho intramolecular Hbond substituents is 1. The highest BCUT2D eigenvalue weighted by atomic mass is 16.3. The van der Waals surface area contributed by atoms with E-state index in [0.29, 0.717) is 0 Å². The van der Waals surface area contributed by atoms with Gasteiger partial charge in [0.05, 0.1) is 18.2 Å². The maximum absolute atomic E-state index is 12.1. The van der Waals surface area contributed by atoms with Crippen molar-refractivity contribution in [2.75, 3.05) is 0 Å². The van der Waals surface area contributed by atoms with Crippen molar-refractivity contribution in [3.05, 3.63) is 64.9 Å². The Hall–Kier alpha value is -3.28. The van der Waals surface area contributed by atoms with Crippen molar-refractivity contribution in [2.24, 2.45) is 0 Å². The number of carbonyl (C=O) groups excluding carboxylic acids is 2. The number of para-hydroxylation sites is 1. The Morgan fingerprint density at radius 1 is 1.08 bits per heavy atom. The second-order valence-corrected chi connectivity index (χ2v) is 5.84. The van der Waals surface area contributed by atoms with Gasteiger partial charge in [-0.1, -0.05) is 24.3 Å². The standard InChI is InChI=1S/C19H18N2O4/c1-11-7-8-14-13(10-25-18(14)12(11)2)9-17(23)20-21-19(24)15-5-3-4-6-16(15)22/h3-8,10,22H,9H2,1-2H3,(H,20,23)(H,21,24). The number of benzene rings is 2. The average Bonchev–Trinajstić information content (AvgIpc) is 3.00. The summed E-state index contributed by atoms with van der Waals surface area (Å²) in [6, 6.07) is 10.00. The molecular weight excluding hydrogens is 320 g/mol. The number of amides is 2. The molecule has 0 radical (unpaired) electrons. The maximum atomic E-state index is 12.1.